The minimum Gasteiger partial charge on any atom is -0.300 e. The number of rotatable bonds is 2. The minimum atomic E-state index is -4.30. The zero-order valence-corrected chi connectivity index (χ0v) is 10.2. The van der Waals surface area contributed by atoms with E-state index in [0.717, 1.165) is 12.5 Å². The van der Waals surface area contributed by atoms with E-state index in [1.165, 1.54) is 12.1 Å². The van der Waals surface area contributed by atoms with Crippen molar-refractivity contribution in [3.05, 3.63) is 35.4 Å². The van der Waals surface area contributed by atoms with Crippen molar-refractivity contribution in [2.75, 3.05) is 0 Å². The maximum absolute atomic E-state index is 12.6. The first-order valence-corrected chi connectivity index (χ1v) is 5.96. The fourth-order valence-corrected chi connectivity index (χ4v) is 2.60. The van der Waals surface area contributed by atoms with Gasteiger partial charge in [0.05, 0.1) is 5.56 Å². The number of hydrogen-bond acceptors (Lipinski definition) is 1. The van der Waals surface area contributed by atoms with Crippen molar-refractivity contribution in [3.63, 3.8) is 0 Å². The lowest BCUT2D eigenvalue weighted by Gasteiger charge is -2.22. The maximum atomic E-state index is 12.6. The van der Waals surface area contributed by atoms with Crippen LogP contribution in [-0.4, -0.2) is 5.78 Å². The smallest absolute Gasteiger partial charge is 0.300 e. The summed E-state index contributed by atoms with van der Waals surface area (Å²) in [6.07, 6.45) is -1.98. The van der Waals surface area contributed by atoms with Gasteiger partial charge in [0.25, 0.3) is 0 Å². The standard InChI is InChI=1S/C14H15F3O/c1-13(6-5-12(18)9-13)8-10-3-2-4-11(7-10)14(15,16)17/h2-4,7H,5-6,8-9H2,1H3. The summed E-state index contributed by atoms with van der Waals surface area (Å²) in [5.74, 6) is 0.212. The van der Waals surface area contributed by atoms with Gasteiger partial charge >= 0.3 is 6.18 Å². The summed E-state index contributed by atoms with van der Waals surface area (Å²) in [6.45, 7) is 1.97. The lowest BCUT2D eigenvalue weighted by molar-refractivity contribution is -0.137. The lowest BCUT2D eigenvalue weighted by atomic mass is 9.82. The van der Waals surface area contributed by atoms with Crippen molar-refractivity contribution in [2.24, 2.45) is 5.41 Å². The number of benzene rings is 1. The molecule has 0 amide bonds. The highest BCUT2D eigenvalue weighted by Gasteiger charge is 2.35. The lowest BCUT2D eigenvalue weighted by Crippen LogP contribution is -2.16. The van der Waals surface area contributed by atoms with E-state index in [1.807, 2.05) is 6.92 Å². The number of carbonyl (C=O) groups is 1. The van der Waals surface area contributed by atoms with Gasteiger partial charge in [-0.2, -0.15) is 13.2 Å². The summed E-state index contributed by atoms with van der Waals surface area (Å²) >= 11 is 0. The van der Waals surface area contributed by atoms with E-state index in [-0.39, 0.29) is 11.2 Å². The number of hydrogen-bond donors (Lipinski definition) is 0. The molecule has 0 radical (unpaired) electrons. The Bertz CT molecular complexity index is 464. The summed E-state index contributed by atoms with van der Waals surface area (Å²) in [5.41, 5.74) is -0.142. The van der Waals surface area contributed by atoms with E-state index in [1.54, 1.807) is 6.07 Å². The number of carbonyl (C=O) groups excluding carboxylic acids is 1. The zero-order valence-electron chi connectivity index (χ0n) is 10.2. The molecule has 1 aromatic carbocycles. The molecule has 0 aromatic heterocycles. The van der Waals surface area contributed by atoms with Gasteiger partial charge in [-0.15, -0.1) is 0 Å². The normalized spacial score (nSPS) is 24.6. The highest BCUT2D eigenvalue weighted by Crippen LogP contribution is 2.39. The first-order chi connectivity index (χ1) is 8.28. The molecule has 18 heavy (non-hydrogen) atoms. The molecule has 1 unspecified atom stereocenters. The molecule has 1 atom stereocenters. The molecule has 1 fully saturated rings. The fourth-order valence-electron chi connectivity index (χ4n) is 2.60. The highest BCUT2D eigenvalue weighted by molar-refractivity contribution is 5.81. The molecule has 0 spiro atoms. The van der Waals surface area contributed by atoms with Crippen molar-refractivity contribution >= 4 is 5.78 Å². The van der Waals surface area contributed by atoms with Crippen LogP contribution in [0.4, 0.5) is 13.2 Å². The van der Waals surface area contributed by atoms with Crippen LogP contribution in [0.25, 0.3) is 0 Å². The quantitative estimate of drug-likeness (QED) is 0.781. The molecule has 0 N–H and O–H groups in total. The molecule has 0 bridgehead atoms. The van der Waals surface area contributed by atoms with E-state index in [9.17, 15) is 18.0 Å². The Morgan fingerprint density at radius 3 is 2.61 bits per heavy atom. The zero-order chi connectivity index (χ0) is 13.4. The average molecular weight is 256 g/mol. The van der Waals surface area contributed by atoms with Gasteiger partial charge in [-0.25, -0.2) is 0 Å². The molecular formula is C14H15F3O. The van der Waals surface area contributed by atoms with Gasteiger partial charge < -0.3 is 0 Å². The van der Waals surface area contributed by atoms with E-state index in [2.05, 4.69) is 0 Å². The van der Waals surface area contributed by atoms with E-state index in [0.29, 0.717) is 24.8 Å². The first-order valence-electron chi connectivity index (χ1n) is 5.96. The van der Waals surface area contributed by atoms with Crippen LogP contribution >= 0.6 is 0 Å². The Labute approximate surface area is 104 Å². The highest BCUT2D eigenvalue weighted by atomic mass is 19.4. The second-order valence-corrected chi connectivity index (χ2v) is 5.40. The van der Waals surface area contributed by atoms with Crippen molar-refractivity contribution in [3.8, 4) is 0 Å². The fraction of sp³-hybridized carbons (Fsp3) is 0.500. The van der Waals surface area contributed by atoms with Crippen molar-refractivity contribution in [1.29, 1.82) is 0 Å². The van der Waals surface area contributed by atoms with Crippen LogP contribution in [0.15, 0.2) is 24.3 Å². The van der Waals surface area contributed by atoms with E-state index in [4.69, 9.17) is 0 Å². The predicted octanol–water partition coefficient (Wildman–Crippen LogP) is 4.01. The Balaban J connectivity index is 2.17. The third kappa shape index (κ3) is 2.92. The van der Waals surface area contributed by atoms with Gasteiger partial charge in [-0.3, -0.25) is 4.79 Å². The molecule has 1 aromatic rings. The minimum absolute atomic E-state index is 0.179. The molecule has 1 aliphatic carbocycles. The molecule has 1 saturated carbocycles. The second kappa shape index (κ2) is 4.41. The van der Waals surface area contributed by atoms with Gasteiger partial charge in [-0.05, 0) is 29.9 Å². The Hall–Kier alpha value is -1.32. The molecule has 98 valence electrons. The van der Waals surface area contributed by atoms with Crippen LogP contribution in [-0.2, 0) is 17.4 Å². The van der Waals surface area contributed by atoms with Crippen molar-refractivity contribution < 1.29 is 18.0 Å². The van der Waals surface area contributed by atoms with Crippen LogP contribution < -0.4 is 0 Å². The summed E-state index contributed by atoms with van der Waals surface area (Å²) in [6, 6.07) is 5.39. The molecule has 1 nitrogen and oxygen atoms in total. The van der Waals surface area contributed by atoms with E-state index < -0.39 is 11.7 Å². The molecule has 2 rings (SSSR count). The molecule has 0 saturated heterocycles. The third-order valence-corrected chi connectivity index (χ3v) is 3.52. The van der Waals surface area contributed by atoms with Crippen LogP contribution in [0.3, 0.4) is 0 Å². The van der Waals surface area contributed by atoms with Crippen molar-refractivity contribution in [1.82, 2.24) is 0 Å². The summed E-state index contributed by atoms with van der Waals surface area (Å²) in [7, 11) is 0. The van der Waals surface area contributed by atoms with Gasteiger partial charge in [-0.1, -0.05) is 25.1 Å². The van der Waals surface area contributed by atoms with Gasteiger partial charge in [0.1, 0.15) is 5.78 Å². The maximum Gasteiger partial charge on any atom is 0.416 e. The Morgan fingerprint density at radius 2 is 2.06 bits per heavy atom. The SMILES string of the molecule is CC1(Cc2cccc(C(F)(F)F)c2)CCC(=O)C1. The summed E-state index contributed by atoms with van der Waals surface area (Å²) in [5, 5.41) is 0. The molecule has 0 heterocycles. The number of Topliss-reactive ketones (excluding diaryl/α,β-unsaturated/α-hetero) is 1. The third-order valence-electron chi connectivity index (χ3n) is 3.52. The molecular weight excluding hydrogens is 241 g/mol. The van der Waals surface area contributed by atoms with Crippen LogP contribution in [0.1, 0.15) is 37.3 Å². The molecule has 4 heteroatoms. The topological polar surface area (TPSA) is 17.1 Å². The predicted molar refractivity (Wildman–Crippen MR) is 62.1 cm³/mol. The Kier molecular flexibility index (Phi) is 3.21. The van der Waals surface area contributed by atoms with Crippen molar-refractivity contribution in [2.45, 2.75) is 38.8 Å². The molecule has 1 aliphatic rings. The second-order valence-electron chi connectivity index (χ2n) is 5.40. The Morgan fingerprint density at radius 1 is 1.33 bits per heavy atom. The summed E-state index contributed by atoms with van der Waals surface area (Å²) in [4.78, 5) is 11.3. The summed E-state index contributed by atoms with van der Waals surface area (Å²) < 4.78 is 37.8. The monoisotopic (exact) mass is 256 g/mol. The van der Waals surface area contributed by atoms with E-state index >= 15 is 0 Å². The van der Waals surface area contributed by atoms with Gasteiger partial charge in [0, 0.05) is 12.8 Å². The van der Waals surface area contributed by atoms with Crippen LogP contribution in [0.2, 0.25) is 0 Å². The van der Waals surface area contributed by atoms with Crippen LogP contribution in [0, 0.1) is 5.41 Å². The molecule has 0 aliphatic heterocycles. The first kappa shape index (κ1) is 13.1. The van der Waals surface area contributed by atoms with Crippen LogP contribution in [0.5, 0.6) is 0 Å². The average Bonchev–Trinajstić information content (AvgIpc) is 2.57. The van der Waals surface area contributed by atoms with Gasteiger partial charge in [0.2, 0.25) is 0 Å². The number of halogens is 3. The number of alkyl halides is 3. The largest absolute Gasteiger partial charge is 0.416 e. The number of ketones is 1. The van der Waals surface area contributed by atoms with Gasteiger partial charge in [0.15, 0.2) is 0 Å².